The molecule has 0 fully saturated rings. The SMILES string of the molecule is CCCc1cc(NC(=O)COCCN)n[nH]1. The highest BCUT2D eigenvalue weighted by Crippen LogP contribution is 2.06. The normalized spacial score (nSPS) is 10.4. The quantitative estimate of drug-likeness (QED) is 0.582. The summed E-state index contributed by atoms with van der Waals surface area (Å²) in [6.07, 6.45) is 1.96. The minimum absolute atomic E-state index is 0.00711. The van der Waals surface area contributed by atoms with Crippen molar-refractivity contribution in [1.29, 1.82) is 0 Å². The van der Waals surface area contributed by atoms with E-state index in [4.69, 9.17) is 10.5 Å². The average molecular weight is 226 g/mol. The van der Waals surface area contributed by atoms with Gasteiger partial charge in [-0.15, -0.1) is 0 Å². The third kappa shape index (κ3) is 4.41. The van der Waals surface area contributed by atoms with Crippen molar-refractivity contribution >= 4 is 11.7 Å². The molecule has 0 aromatic carbocycles. The predicted octanol–water partition coefficient (Wildman–Crippen LogP) is 0.276. The number of aromatic amines is 1. The number of carbonyl (C=O) groups excluding carboxylic acids is 1. The number of hydrogen-bond acceptors (Lipinski definition) is 4. The van der Waals surface area contributed by atoms with E-state index in [1.807, 2.05) is 6.07 Å². The van der Waals surface area contributed by atoms with Gasteiger partial charge in [-0.25, -0.2) is 0 Å². The van der Waals surface area contributed by atoms with Crippen LogP contribution in [0.2, 0.25) is 0 Å². The smallest absolute Gasteiger partial charge is 0.251 e. The fourth-order valence-electron chi connectivity index (χ4n) is 1.25. The molecule has 0 atom stereocenters. The maximum atomic E-state index is 11.3. The van der Waals surface area contributed by atoms with Gasteiger partial charge in [-0.1, -0.05) is 13.3 Å². The lowest BCUT2D eigenvalue weighted by molar-refractivity contribution is -0.120. The molecular formula is C10H18N4O2. The van der Waals surface area contributed by atoms with Gasteiger partial charge in [-0.2, -0.15) is 5.10 Å². The van der Waals surface area contributed by atoms with Crippen molar-refractivity contribution in [3.05, 3.63) is 11.8 Å². The van der Waals surface area contributed by atoms with Gasteiger partial charge in [0.1, 0.15) is 6.61 Å². The van der Waals surface area contributed by atoms with Gasteiger partial charge >= 0.3 is 0 Å². The molecule has 6 heteroatoms. The highest BCUT2D eigenvalue weighted by Gasteiger charge is 2.05. The second-order valence-corrected chi connectivity index (χ2v) is 3.42. The number of aromatic nitrogens is 2. The molecule has 0 bridgehead atoms. The molecular weight excluding hydrogens is 208 g/mol. The highest BCUT2D eigenvalue weighted by molar-refractivity contribution is 5.90. The number of H-pyrrole nitrogens is 1. The summed E-state index contributed by atoms with van der Waals surface area (Å²) in [5.41, 5.74) is 6.24. The molecule has 0 spiro atoms. The lowest BCUT2D eigenvalue weighted by Gasteiger charge is -2.01. The van der Waals surface area contributed by atoms with E-state index in [0.717, 1.165) is 18.5 Å². The predicted molar refractivity (Wildman–Crippen MR) is 61.1 cm³/mol. The number of anilines is 1. The Hall–Kier alpha value is -1.40. The van der Waals surface area contributed by atoms with Gasteiger partial charge in [-0.05, 0) is 6.42 Å². The number of nitrogens with zero attached hydrogens (tertiary/aromatic N) is 1. The van der Waals surface area contributed by atoms with Crippen LogP contribution in [0.15, 0.2) is 6.07 Å². The third-order valence-electron chi connectivity index (χ3n) is 1.91. The van der Waals surface area contributed by atoms with Gasteiger partial charge in [0.15, 0.2) is 5.82 Å². The zero-order valence-electron chi connectivity index (χ0n) is 9.45. The van der Waals surface area contributed by atoms with E-state index >= 15 is 0 Å². The molecule has 0 aliphatic carbocycles. The Morgan fingerprint density at radius 3 is 3.19 bits per heavy atom. The topological polar surface area (TPSA) is 93.0 Å². The summed E-state index contributed by atoms with van der Waals surface area (Å²) in [5.74, 6) is 0.313. The molecule has 1 aromatic rings. The van der Waals surface area contributed by atoms with Crippen LogP contribution in [-0.2, 0) is 16.0 Å². The summed E-state index contributed by atoms with van der Waals surface area (Å²) in [7, 11) is 0. The first-order valence-corrected chi connectivity index (χ1v) is 5.38. The number of aryl methyl sites for hydroxylation is 1. The number of rotatable bonds is 7. The highest BCUT2D eigenvalue weighted by atomic mass is 16.5. The van der Waals surface area contributed by atoms with Crippen LogP contribution < -0.4 is 11.1 Å². The summed E-state index contributed by atoms with van der Waals surface area (Å²) in [6, 6.07) is 1.82. The standard InChI is InChI=1S/C10H18N4O2/c1-2-3-8-6-9(14-13-8)12-10(15)7-16-5-4-11/h6H,2-5,7,11H2,1H3,(H2,12,13,14,15). The lowest BCUT2D eigenvalue weighted by Crippen LogP contribution is -2.20. The minimum atomic E-state index is -0.219. The van der Waals surface area contributed by atoms with E-state index in [1.165, 1.54) is 0 Å². The Bertz CT molecular complexity index is 324. The van der Waals surface area contributed by atoms with Gasteiger partial charge in [0, 0.05) is 18.3 Å². The molecule has 1 rings (SSSR count). The van der Waals surface area contributed by atoms with Crippen molar-refractivity contribution in [3.8, 4) is 0 Å². The van der Waals surface area contributed by atoms with Crippen molar-refractivity contribution in [1.82, 2.24) is 10.2 Å². The second kappa shape index (κ2) is 6.97. The fourth-order valence-corrected chi connectivity index (χ4v) is 1.25. The molecule has 1 aromatic heterocycles. The molecule has 4 N–H and O–H groups in total. The van der Waals surface area contributed by atoms with Crippen molar-refractivity contribution in [2.24, 2.45) is 5.73 Å². The summed E-state index contributed by atoms with van der Waals surface area (Å²) < 4.78 is 5.00. The average Bonchev–Trinajstić information content (AvgIpc) is 2.66. The van der Waals surface area contributed by atoms with Crippen LogP contribution in [0.25, 0.3) is 0 Å². The molecule has 0 unspecified atom stereocenters. The van der Waals surface area contributed by atoms with Crippen LogP contribution in [0.3, 0.4) is 0 Å². The summed E-state index contributed by atoms with van der Waals surface area (Å²) in [4.78, 5) is 11.3. The van der Waals surface area contributed by atoms with Crippen LogP contribution in [0.1, 0.15) is 19.0 Å². The van der Waals surface area contributed by atoms with Crippen molar-refractivity contribution in [3.63, 3.8) is 0 Å². The van der Waals surface area contributed by atoms with Crippen LogP contribution in [0.4, 0.5) is 5.82 Å². The Kier molecular flexibility index (Phi) is 5.52. The van der Waals surface area contributed by atoms with Crippen LogP contribution >= 0.6 is 0 Å². The van der Waals surface area contributed by atoms with E-state index in [2.05, 4.69) is 22.4 Å². The third-order valence-corrected chi connectivity index (χ3v) is 1.91. The van der Waals surface area contributed by atoms with Gasteiger partial charge in [0.05, 0.1) is 6.61 Å². The van der Waals surface area contributed by atoms with Crippen molar-refractivity contribution in [2.45, 2.75) is 19.8 Å². The van der Waals surface area contributed by atoms with Crippen molar-refractivity contribution < 1.29 is 9.53 Å². The molecule has 16 heavy (non-hydrogen) atoms. The summed E-state index contributed by atoms with van der Waals surface area (Å²) >= 11 is 0. The molecule has 0 saturated heterocycles. The van der Waals surface area contributed by atoms with E-state index in [9.17, 15) is 4.79 Å². The summed E-state index contributed by atoms with van der Waals surface area (Å²) in [5, 5.41) is 9.45. The molecule has 6 nitrogen and oxygen atoms in total. The number of ether oxygens (including phenoxy) is 1. The largest absolute Gasteiger partial charge is 0.370 e. The van der Waals surface area contributed by atoms with Crippen LogP contribution in [0.5, 0.6) is 0 Å². The number of amides is 1. The van der Waals surface area contributed by atoms with Gasteiger partial charge in [-0.3, -0.25) is 9.89 Å². The van der Waals surface area contributed by atoms with E-state index in [-0.39, 0.29) is 12.5 Å². The molecule has 90 valence electrons. The Morgan fingerprint density at radius 2 is 2.50 bits per heavy atom. The van der Waals surface area contributed by atoms with E-state index < -0.39 is 0 Å². The molecule has 0 radical (unpaired) electrons. The first-order valence-electron chi connectivity index (χ1n) is 5.38. The number of hydrogen-bond donors (Lipinski definition) is 3. The number of carbonyl (C=O) groups is 1. The Balaban J connectivity index is 2.31. The Morgan fingerprint density at radius 1 is 1.69 bits per heavy atom. The summed E-state index contributed by atoms with van der Waals surface area (Å²) in [6.45, 7) is 2.89. The van der Waals surface area contributed by atoms with Gasteiger partial charge in [0.25, 0.3) is 5.91 Å². The Labute approximate surface area is 94.5 Å². The first-order chi connectivity index (χ1) is 7.76. The zero-order chi connectivity index (χ0) is 11.8. The molecule has 1 heterocycles. The van der Waals surface area contributed by atoms with E-state index in [0.29, 0.717) is 19.0 Å². The van der Waals surface area contributed by atoms with Gasteiger partial charge < -0.3 is 15.8 Å². The monoisotopic (exact) mass is 226 g/mol. The maximum Gasteiger partial charge on any atom is 0.251 e. The minimum Gasteiger partial charge on any atom is -0.370 e. The lowest BCUT2D eigenvalue weighted by atomic mass is 10.2. The number of nitrogens with two attached hydrogens (primary N) is 1. The van der Waals surface area contributed by atoms with E-state index in [1.54, 1.807) is 0 Å². The molecule has 1 amide bonds. The molecule has 0 aliphatic rings. The second-order valence-electron chi connectivity index (χ2n) is 3.42. The maximum absolute atomic E-state index is 11.3. The fraction of sp³-hybridized carbons (Fsp3) is 0.600. The molecule has 0 aliphatic heterocycles. The van der Waals surface area contributed by atoms with Gasteiger partial charge in [0.2, 0.25) is 0 Å². The van der Waals surface area contributed by atoms with Crippen molar-refractivity contribution in [2.75, 3.05) is 25.1 Å². The number of nitrogens with one attached hydrogen (secondary N) is 2. The molecule has 0 saturated carbocycles. The zero-order valence-corrected chi connectivity index (χ0v) is 9.45. The van der Waals surface area contributed by atoms with Crippen LogP contribution in [-0.4, -0.2) is 35.9 Å². The first kappa shape index (κ1) is 12.7. The van der Waals surface area contributed by atoms with Crippen LogP contribution in [0, 0.1) is 0 Å².